The molecule has 4 nitrogen and oxygen atoms in total. The Morgan fingerprint density at radius 1 is 1.00 bits per heavy atom. The number of benzene rings is 1. The van der Waals surface area contributed by atoms with E-state index in [1.807, 2.05) is 24.5 Å². The number of piperazine rings is 1. The van der Waals surface area contributed by atoms with Crippen molar-refractivity contribution in [3.8, 4) is 5.75 Å². The van der Waals surface area contributed by atoms with E-state index in [0.717, 1.165) is 49.5 Å². The number of hydrogen-bond donors (Lipinski definition) is 0. The number of nitrogens with zero attached hydrogens (tertiary/aromatic N) is 3. The quantitative estimate of drug-likeness (QED) is 0.802. The van der Waals surface area contributed by atoms with E-state index in [1.54, 1.807) is 7.11 Å². The Hall–Kier alpha value is -1.43. The molecule has 0 atom stereocenters. The van der Waals surface area contributed by atoms with Gasteiger partial charge in [-0.2, -0.15) is 0 Å². The first-order valence-corrected chi connectivity index (χ1v) is 8.70. The van der Waals surface area contributed by atoms with Crippen LogP contribution in [0.5, 0.6) is 5.75 Å². The van der Waals surface area contributed by atoms with Crippen LogP contribution in [0.15, 0.2) is 47.2 Å². The van der Waals surface area contributed by atoms with Crippen LogP contribution in [0.25, 0.3) is 0 Å². The highest BCUT2D eigenvalue weighted by atomic mass is 79.9. The van der Waals surface area contributed by atoms with E-state index in [-0.39, 0.29) is 0 Å². The summed E-state index contributed by atoms with van der Waals surface area (Å²) in [5.74, 6) is 0.965. The Labute approximate surface area is 146 Å². The molecule has 0 bridgehead atoms. The lowest BCUT2D eigenvalue weighted by Gasteiger charge is -2.35. The van der Waals surface area contributed by atoms with Crippen LogP contribution in [-0.4, -0.2) is 48.1 Å². The van der Waals surface area contributed by atoms with Crippen LogP contribution < -0.4 is 4.74 Å². The molecular weight excluding hydrogens is 354 g/mol. The molecule has 23 heavy (non-hydrogen) atoms. The fourth-order valence-corrected chi connectivity index (χ4v) is 3.37. The molecule has 1 aliphatic heterocycles. The van der Waals surface area contributed by atoms with Crippen LogP contribution in [-0.2, 0) is 13.1 Å². The Kier molecular flexibility index (Phi) is 5.65. The Bertz CT molecular complexity index is 627. The third kappa shape index (κ3) is 4.53. The smallest absolute Gasteiger partial charge is 0.123 e. The first-order chi connectivity index (χ1) is 11.2. The maximum atomic E-state index is 5.48. The molecular formula is C18H22BrN3O. The van der Waals surface area contributed by atoms with E-state index >= 15 is 0 Å². The molecule has 5 heteroatoms. The van der Waals surface area contributed by atoms with Crippen LogP contribution in [0.2, 0.25) is 0 Å². The number of pyridine rings is 1. The summed E-state index contributed by atoms with van der Waals surface area (Å²) < 4.78 is 6.58. The van der Waals surface area contributed by atoms with Crippen molar-refractivity contribution in [2.24, 2.45) is 0 Å². The van der Waals surface area contributed by atoms with Gasteiger partial charge in [0, 0.05) is 61.7 Å². The van der Waals surface area contributed by atoms with E-state index in [0.29, 0.717) is 0 Å². The van der Waals surface area contributed by atoms with Crippen LogP contribution >= 0.6 is 15.9 Å². The zero-order chi connectivity index (χ0) is 16.1. The molecule has 1 aliphatic rings. The third-order valence-corrected chi connectivity index (χ3v) is 4.75. The Morgan fingerprint density at radius 2 is 1.65 bits per heavy atom. The standard InChI is InChI=1S/C18H22BrN3O/c1-23-18-3-2-17(19)12-16(18)14-22-10-8-21(9-11-22)13-15-4-6-20-7-5-15/h2-7,12H,8-11,13-14H2,1H3. The molecule has 1 aromatic heterocycles. The summed E-state index contributed by atoms with van der Waals surface area (Å²) in [5, 5.41) is 0. The van der Waals surface area contributed by atoms with Crippen molar-refractivity contribution in [2.75, 3.05) is 33.3 Å². The lowest BCUT2D eigenvalue weighted by atomic mass is 10.1. The molecule has 2 aromatic rings. The molecule has 1 aromatic carbocycles. The third-order valence-electron chi connectivity index (χ3n) is 4.26. The van der Waals surface area contributed by atoms with Gasteiger partial charge in [0.1, 0.15) is 5.75 Å². The predicted octanol–water partition coefficient (Wildman–Crippen LogP) is 3.17. The highest BCUT2D eigenvalue weighted by Crippen LogP contribution is 2.24. The summed E-state index contributed by atoms with van der Waals surface area (Å²) in [6.07, 6.45) is 3.73. The SMILES string of the molecule is COc1ccc(Br)cc1CN1CCN(Cc2ccncc2)CC1. The molecule has 0 amide bonds. The van der Waals surface area contributed by atoms with Gasteiger partial charge in [0.05, 0.1) is 7.11 Å². The van der Waals surface area contributed by atoms with Crippen LogP contribution in [0.3, 0.4) is 0 Å². The first kappa shape index (κ1) is 16.4. The van der Waals surface area contributed by atoms with Crippen molar-refractivity contribution in [3.05, 3.63) is 58.3 Å². The number of rotatable bonds is 5. The van der Waals surface area contributed by atoms with E-state index < -0.39 is 0 Å². The molecule has 2 heterocycles. The van der Waals surface area contributed by atoms with Gasteiger partial charge in [-0.3, -0.25) is 14.8 Å². The fourth-order valence-electron chi connectivity index (χ4n) is 2.96. The van der Waals surface area contributed by atoms with Gasteiger partial charge in [0.2, 0.25) is 0 Å². The van der Waals surface area contributed by atoms with Crippen molar-refractivity contribution >= 4 is 15.9 Å². The average molecular weight is 376 g/mol. The molecule has 122 valence electrons. The second-order valence-corrected chi connectivity index (χ2v) is 6.78. The zero-order valence-electron chi connectivity index (χ0n) is 13.4. The fraction of sp³-hybridized carbons (Fsp3) is 0.389. The second kappa shape index (κ2) is 7.90. The van der Waals surface area contributed by atoms with Crippen LogP contribution in [0, 0.1) is 0 Å². The molecule has 0 N–H and O–H groups in total. The lowest BCUT2D eigenvalue weighted by molar-refractivity contribution is 0.121. The summed E-state index contributed by atoms with van der Waals surface area (Å²) in [7, 11) is 1.74. The number of methoxy groups -OCH3 is 1. The van der Waals surface area contributed by atoms with Crippen LogP contribution in [0.4, 0.5) is 0 Å². The monoisotopic (exact) mass is 375 g/mol. The van der Waals surface area contributed by atoms with Gasteiger partial charge in [-0.05, 0) is 35.9 Å². The molecule has 3 rings (SSSR count). The summed E-state index contributed by atoms with van der Waals surface area (Å²) in [6, 6.07) is 10.4. The molecule has 0 unspecified atom stereocenters. The topological polar surface area (TPSA) is 28.6 Å². The van der Waals surface area contributed by atoms with Crippen LogP contribution in [0.1, 0.15) is 11.1 Å². The normalized spacial score (nSPS) is 16.4. The Balaban J connectivity index is 1.54. The van der Waals surface area contributed by atoms with Gasteiger partial charge in [-0.15, -0.1) is 0 Å². The average Bonchev–Trinajstić information content (AvgIpc) is 2.58. The lowest BCUT2D eigenvalue weighted by Crippen LogP contribution is -2.45. The van der Waals surface area contributed by atoms with E-state index in [2.05, 4.69) is 48.9 Å². The van der Waals surface area contributed by atoms with Gasteiger partial charge >= 0.3 is 0 Å². The second-order valence-electron chi connectivity index (χ2n) is 5.86. The minimum Gasteiger partial charge on any atom is -0.496 e. The number of halogens is 1. The maximum absolute atomic E-state index is 5.48. The molecule has 1 fully saturated rings. The minimum atomic E-state index is 0.936. The van der Waals surface area contributed by atoms with Crippen molar-refractivity contribution in [2.45, 2.75) is 13.1 Å². The van der Waals surface area contributed by atoms with E-state index in [4.69, 9.17) is 4.74 Å². The van der Waals surface area contributed by atoms with Gasteiger partial charge in [0.15, 0.2) is 0 Å². The van der Waals surface area contributed by atoms with E-state index in [1.165, 1.54) is 11.1 Å². The van der Waals surface area contributed by atoms with Gasteiger partial charge in [-0.25, -0.2) is 0 Å². The van der Waals surface area contributed by atoms with Crippen molar-refractivity contribution in [3.63, 3.8) is 0 Å². The maximum Gasteiger partial charge on any atom is 0.123 e. The number of ether oxygens (including phenoxy) is 1. The summed E-state index contributed by atoms with van der Waals surface area (Å²) in [6.45, 7) is 6.31. The molecule has 0 aliphatic carbocycles. The first-order valence-electron chi connectivity index (χ1n) is 7.90. The number of aromatic nitrogens is 1. The zero-order valence-corrected chi connectivity index (χ0v) is 15.0. The predicted molar refractivity (Wildman–Crippen MR) is 95.5 cm³/mol. The van der Waals surface area contributed by atoms with Gasteiger partial charge in [-0.1, -0.05) is 15.9 Å². The molecule has 1 saturated heterocycles. The molecule has 0 saturated carbocycles. The Morgan fingerprint density at radius 3 is 2.30 bits per heavy atom. The molecule has 0 spiro atoms. The van der Waals surface area contributed by atoms with Gasteiger partial charge < -0.3 is 4.74 Å². The highest BCUT2D eigenvalue weighted by molar-refractivity contribution is 9.10. The van der Waals surface area contributed by atoms with Crippen molar-refractivity contribution in [1.29, 1.82) is 0 Å². The van der Waals surface area contributed by atoms with Crippen molar-refractivity contribution in [1.82, 2.24) is 14.8 Å². The van der Waals surface area contributed by atoms with E-state index in [9.17, 15) is 0 Å². The summed E-state index contributed by atoms with van der Waals surface area (Å²) >= 11 is 3.55. The molecule has 0 radical (unpaired) electrons. The minimum absolute atomic E-state index is 0.936. The number of hydrogen-bond acceptors (Lipinski definition) is 4. The highest BCUT2D eigenvalue weighted by Gasteiger charge is 2.18. The largest absolute Gasteiger partial charge is 0.496 e. The summed E-state index contributed by atoms with van der Waals surface area (Å²) in [4.78, 5) is 9.08. The van der Waals surface area contributed by atoms with Crippen molar-refractivity contribution < 1.29 is 4.74 Å². The van der Waals surface area contributed by atoms with Gasteiger partial charge in [0.25, 0.3) is 0 Å². The summed E-state index contributed by atoms with van der Waals surface area (Å²) in [5.41, 5.74) is 2.58.